The van der Waals surface area contributed by atoms with Gasteiger partial charge in [0, 0.05) is 12.8 Å². The molecule has 0 radical (unpaired) electrons. The fraction of sp³-hybridized carbons (Fsp3) is 0.795. The van der Waals surface area contributed by atoms with Crippen LogP contribution in [0.4, 0.5) is 0 Å². The van der Waals surface area contributed by atoms with Gasteiger partial charge in [0.15, 0.2) is 6.10 Å². The van der Waals surface area contributed by atoms with E-state index in [0.717, 1.165) is 57.8 Å². The molecule has 0 aromatic rings. The summed E-state index contributed by atoms with van der Waals surface area (Å²) < 4.78 is 16.5. The van der Waals surface area contributed by atoms with Crippen molar-refractivity contribution in [2.45, 2.75) is 213 Å². The highest BCUT2D eigenvalue weighted by Gasteiger charge is 2.19. The smallest absolute Gasteiger partial charge is 0.309 e. The topological polar surface area (TPSA) is 78.9 Å². The van der Waals surface area contributed by atoms with Crippen molar-refractivity contribution < 1.29 is 28.6 Å². The molecule has 0 saturated heterocycles. The highest BCUT2D eigenvalue weighted by Crippen LogP contribution is 2.14. The molecule has 6 heteroatoms. The van der Waals surface area contributed by atoms with E-state index in [1.165, 1.54) is 109 Å². The minimum Gasteiger partial charge on any atom is -0.462 e. The van der Waals surface area contributed by atoms with Crippen LogP contribution in [0.1, 0.15) is 207 Å². The fourth-order valence-corrected chi connectivity index (χ4v) is 5.80. The number of carbonyl (C=O) groups is 3. The average Bonchev–Trinajstić information content (AvgIpc) is 3.11. The molecular formula is C44H78O6. The molecule has 0 aliphatic rings. The predicted octanol–water partition coefficient (Wildman–Crippen LogP) is 13.0. The van der Waals surface area contributed by atoms with Crippen molar-refractivity contribution in [1.29, 1.82) is 0 Å². The second kappa shape index (κ2) is 39.4. The lowest BCUT2D eigenvalue weighted by Gasteiger charge is -2.18. The summed E-state index contributed by atoms with van der Waals surface area (Å²) in [6.45, 7) is 6.39. The maximum absolute atomic E-state index is 12.6. The van der Waals surface area contributed by atoms with E-state index in [2.05, 4.69) is 45.1 Å². The van der Waals surface area contributed by atoms with Gasteiger partial charge in [0.25, 0.3) is 0 Å². The van der Waals surface area contributed by atoms with Crippen LogP contribution in [0.3, 0.4) is 0 Å². The van der Waals surface area contributed by atoms with Crippen molar-refractivity contribution in [2.24, 2.45) is 0 Å². The highest BCUT2D eigenvalue weighted by molar-refractivity contribution is 5.72. The van der Waals surface area contributed by atoms with E-state index in [-0.39, 0.29) is 31.6 Å². The molecule has 0 heterocycles. The minimum absolute atomic E-state index is 0.0958. The first-order valence-corrected chi connectivity index (χ1v) is 21.0. The zero-order chi connectivity index (χ0) is 36.6. The number of hydrogen-bond donors (Lipinski definition) is 0. The van der Waals surface area contributed by atoms with Crippen LogP contribution in [0.15, 0.2) is 36.5 Å². The first-order chi connectivity index (χ1) is 24.5. The summed E-state index contributed by atoms with van der Waals surface area (Å²) in [5.41, 5.74) is 0. The molecule has 6 nitrogen and oxygen atoms in total. The first-order valence-electron chi connectivity index (χ1n) is 21.0. The summed E-state index contributed by atoms with van der Waals surface area (Å²) in [5.74, 6) is -1.03. The van der Waals surface area contributed by atoms with Crippen LogP contribution in [0, 0.1) is 0 Å². The third kappa shape index (κ3) is 36.9. The third-order valence-corrected chi connectivity index (χ3v) is 8.94. The Kier molecular flexibility index (Phi) is 37.5. The molecule has 0 fully saturated rings. The predicted molar refractivity (Wildman–Crippen MR) is 210 cm³/mol. The van der Waals surface area contributed by atoms with Crippen molar-refractivity contribution >= 4 is 17.9 Å². The zero-order valence-corrected chi connectivity index (χ0v) is 32.9. The molecule has 50 heavy (non-hydrogen) atoms. The average molecular weight is 703 g/mol. The summed E-state index contributed by atoms with van der Waals surface area (Å²) in [6, 6.07) is 0. The standard InChI is InChI=1S/C44H78O6/c1-4-7-10-13-16-19-21-22-23-26-28-31-34-37-43(46)49-40-41(39-48-42(45)36-33-30-27-24-18-15-12-9-6-3)50-44(47)38-35-32-29-25-20-17-14-11-8-5-2/h9,12,18,24,30,33,41H,4-8,10-11,13-17,19-23,25-29,31-32,34-40H2,1-3H3/b12-9-,24-18-,33-30-. The van der Waals surface area contributed by atoms with Crippen molar-refractivity contribution in [3.8, 4) is 0 Å². The van der Waals surface area contributed by atoms with E-state index >= 15 is 0 Å². The van der Waals surface area contributed by atoms with Crippen molar-refractivity contribution in [1.82, 2.24) is 0 Å². The molecule has 0 aliphatic carbocycles. The number of carbonyl (C=O) groups excluding carboxylic acids is 3. The van der Waals surface area contributed by atoms with Crippen molar-refractivity contribution in [2.75, 3.05) is 13.2 Å². The summed E-state index contributed by atoms with van der Waals surface area (Å²) in [5, 5.41) is 0. The SMILES string of the molecule is CC/C=C\C/C=C\C/C=C\CC(=O)OCC(COC(=O)CCCCCCCCCCCCCCC)OC(=O)CCCCCCCCCCCC. The maximum atomic E-state index is 12.6. The van der Waals surface area contributed by atoms with Gasteiger partial charge in [-0.2, -0.15) is 0 Å². The summed E-state index contributed by atoms with van der Waals surface area (Å²) in [4.78, 5) is 37.4. The Hall–Kier alpha value is -2.37. The lowest BCUT2D eigenvalue weighted by atomic mass is 10.0. The summed E-state index contributed by atoms with van der Waals surface area (Å²) in [6.07, 6.45) is 43.0. The van der Waals surface area contributed by atoms with Gasteiger partial charge in [-0.15, -0.1) is 0 Å². The van der Waals surface area contributed by atoms with Gasteiger partial charge >= 0.3 is 17.9 Å². The molecule has 0 saturated carbocycles. The molecule has 0 aromatic carbocycles. The van der Waals surface area contributed by atoms with Crippen LogP contribution in [-0.2, 0) is 28.6 Å². The van der Waals surface area contributed by atoms with Gasteiger partial charge in [-0.1, -0.05) is 192 Å². The number of esters is 3. The highest BCUT2D eigenvalue weighted by atomic mass is 16.6. The third-order valence-electron chi connectivity index (χ3n) is 8.94. The normalized spacial score (nSPS) is 12.3. The van der Waals surface area contributed by atoms with E-state index in [9.17, 15) is 14.4 Å². The number of unbranched alkanes of at least 4 members (excludes halogenated alkanes) is 21. The molecule has 0 bridgehead atoms. The van der Waals surface area contributed by atoms with E-state index < -0.39 is 12.1 Å². The quantitative estimate of drug-likeness (QED) is 0.0277. The van der Waals surface area contributed by atoms with Gasteiger partial charge in [0.1, 0.15) is 13.2 Å². The molecule has 0 amide bonds. The Bertz CT molecular complexity index is 861. The molecule has 0 aliphatic heterocycles. The Labute approximate surface area is 308 Å². The number of hydrogen-bond acceptors (Lipinski definition) is 6. The van der Waals surface area contributed by atoms with E-state index in [1.807, 2.05) is 6.08 Å². The van der Waals surface area contributed by atoms with Crippen molar-refractivity contribution in [3.63, 3.8) is 0 Å². The molecule has 0 aromatic heterocycles. The fourth-order valence-electron chi connectivity index (χ4n) is 5.80. The van der Waals surface area contributed by atoms with E-state index in [4.69, 9.17) is 14.2 Å². The largest absolute Gasteiger partial charge is 0.462 e. The van der Waals surface area contributed by atoms with Crippen LogP contribution in [0.25, 0.3) is 0 Å². The molecule has 0 rings (SSSR count). The minimum atomic E-state index is -0.798. The van der Waals surface area contributed by atoms with Gasteiger partial charge in [-0.3, -0.25) is 14.4 Å². The van der Waals surface area contributed by atoms with Gasteiger partial charge in [0.2, 0.25) is 0 Å². The van der Waals surface area contributed by atoms with E-state index in [1.54, 1.807) is 6.08 Å². The second-order valence-corrected chi connectivity index (χ2v) is 13.9. The van der Waals surface area contributed by atoms with Crippen LogP contribution in [-0.4, -0.2) is 37.2 Å². The summed E-state index contributed by atoms with van der Waals surface area (Å²) >= 11 is 0. The van der Waals surface area contributed by atoms with Gasteiger partial charge < -0.3 is 14.2 Å². The van der Waals surface area contributed by atoms with Crippen LogP contribution < -0.4 is 0 Å². The maximum Gasteiger partial charge on any atom is 0.309 e. The lowest BCUT2D eigenvalue weighted by molar-refractivity contribution is -0.166. The zero-order valence-electron chi connectivity index (χ0n) is 32.9. The molecule has 0 spiro atoms. The van der Waals surface area contributed by atoms with Gasteiger partial charge in [0.05, 0.1) is 6.42 Å². The van der Waals surface area contributed by atoms with Gasteiger partial charge in [-0.05, 0) is 32.1 Å². The Balaban J connectivity index is 4.41. The second-order valence-electron chi connectivity index (χ2n) is 13.9. The summed E-state index contributed by atoms with van der Waals surface area (Å²) in [7, 11) is 0. The van der Waals surface area contributed by atoms with Gasteiger partial charge in [-0.25, -0.2) is 0 Å². The number of ether oxygens (including phenoxy) is 3. The van der Waals surface area contributed by atoms with E-state index in [0.29, 0.717) is 12.8 Å². The molecule has 0 N–H and O–H groups in total. The number of allylic oxidation sites excluding steroid dienone is 5. The molecule has 290 valence electrons. The first kappa shape index (κ1) is 47.6. The molecular weight excluding hydrogens is 624 g/mol. The Morgan fingerprint density at radius 3 is 1.22 bits per heavy atom. The lowest BCUT2D eigenvalue weighted by Crippen LogP contribution is -2.30. The van der Waals surface area contributed by atoms with Crippen molar-refractivity contribution in [3.05, 3.63) is 36.5 Å². The number of rotatable bonds is 37. The Morgan fingerprint density at radius 2 is 0.780 bits per heavy atom. The Morgan fingerprint density at radius 1 is 0.420 bits per heavy atom. The van der Waals surface area contributed by atoms with Crippen LogP contribution >= 0.6 is 0 Å². The van der Waals surface area contributed by atoms with Crippen LogP contribution in [0.5, 0.6) is 0 Å². The molecule has 1 atom stereocenters. The monoisotopic (exact) mass is 703 g/mol. The molecule has 1 unspecified atom stereocenters. The van der Waals surface area contributed by atoms with Crippen LogP contribution in [0.2, 0.25) is 0 Å².